The number of H-pyrrole nitrogens is 1. The number of aryl methyl sites for hydroxylation is 1. The maximum absolute atomic E-state index is 4.27. The first kappa shape index (κ1) is 9.52. The van der Waals surface area contributed by atoms with Gasteiger partial charge in [-0.2, -0.15) is 5.10 Å². The predicted molar refractivity (Wildman–Crippen MR) is 57.7 cm³/mol. The van der Waals surface area contributed by atoms with Gasteiger partial charge in [-0.25, -0.2) is 0 Å². The fraction of sp³-hybridized carbons (Fsp3) is 0.700. The lowest BCUT2D eigenvalue weighted by molar-refractivity contribution is 0.270. The van der Waals surface area contributed by atoms with Crippen LogP contribution in [0.5, 0.6) is 0 Å². The molecule has 2 rings (SSSR count). The van der Waals surface area contributed by atoms with Gasteiger partial charge in [0.05, 0.1) is 0 Å². The highest BCUT2D eigenvalue weighted by Crippen LogP contribution is 2.13. The topological polar surface area (TPSA) is 35.2 Å². The number of hydrogen-bond donors (Lipinski definition) is 1. The minimum atomic E-state index is 1.10. The van der Waals surface area contributed by atoms with Crippen LogP contribution in [0.2, 0.25) is 0 Å². The number of aromatic amines is 1. The van der Waals surface area contributed by atoms with Crippen LogP contribution in [0.3, 0.4) is 0 Å². The van der Waals surface area contributed by atoms with Crippen molar-refractivity contribution in [1.29, 1.82) is 0 Å². The van der Waals surface area contributed by atoms with Gasteiger partial charge in [-0.05, 0) is 13.5 Å². The number of nitrogens with zero attached hydrogens (tertiary/aromatic N) is 3. The highest BCUT2D eigenvalue weighted by Gasteiger charge is 2.16. The van der Waals surface area contributed by atoms with Gasteiger partial charge in [-0.3, -0.25) is 5.10 Å². The van der Waals surface area contributed by atoms with Crippen LogP contribution in [0.4, 0.5) is 5.82 Å². The van der Waals surface area contributed by atoms with Crippen LogP contribution in [0.15, 0.2) is 6.07 Å². The number of piperazine rings is 1. The van der Waals surface area contributed by atoms with Gasteiger partial charge in [-0.1, -0.05) is 6.92 Å². The third kappa shape index (κ3) is 1.90. The van der Waals surface area contributed by atoms with E-state index in [0.29, 0.717) is 0 Å². The first-order chi connectivity index (χ1) is 6.79. The Labute approximate surface area is 84.9 Å². The third-order valence-corrected chi connectivity index (χ3v) is 2.84. The SMILES string of the molecule is CCN1CCN(c2cc(C)[nH]n2)CC1. The largest absolute Gasteiger partial charge is 0.353 e. The van der Waals surface area contributed by atoms with Gasteiger partial charge in [0, 0.05) is 37.9 Å². The summed E-state index contributed by atoms with van der Waals surface area (Å²) in [7, 11) is 0. The Hall–Kier alpha value is -1.03. The molecule has 78 valence electrons. The van der Waals surface area contributed by atoms with Gasteiger partial charge in [0.2, 0.25) is 0 Å². The van der Waals surface area contributed by atoms with Crippen molar-refractivity contribution >= 4 is 5.82 Å². The Balaban J connectivity index is 1.95. The van der Waals surface area contributed by atoms with E-state index in [0.717, 1.165) is 44.2 Å². The van der Waals surface area contributed by atoms with E-state index in [4.69, 9.17) is 0 Å². The Kier molecular flexibility index (Phi) is 2.72. The molecule has 0 aromatic carbocycles. The summed E-state index contributed by atoms with van der Waals surface area (Å²) in [6.45, 7) is 9.92. The molecule has 0 saturated carbocycles. The molecule has 4 nitrogen and oxygen atoms in total. The minimum Gasteiger partial charge on any atom is -0.353 e. The number of aromatic nitrogens is 2. The molecule has 1 aliphatic rings. The molecule has 4 heteroatoms. The summed E-state index contributed by atoms with van der Waals surface area (Å²) >= 11 is 0. The van der Waals surface area contributed by atoms with Crippen molar-refractivity contribution in [2.45, 2.75) is 13.8 Å². The van der Waals surface area contributed by atoms with Crippen LogP contribution in [0.25, 0.3) is 0 Å². The van der Waals surface area contributed by atoms with Crippen LogP contribution in [0.1, 0.15) is 12.6 Å². The monoisotopic (exact) mass is 194 g/mol. The molecular formula is C10H18N4. The lowest BCUT2D eigenvalue weighted by atomic mass is 10.3. The Bertz CT molecular complexity index is 286. The van der Waals surface area contributed by atoms with Crippen molar-refractivity contribution in [1.82, 2.24) is 15.1 Å². The molecule has 1 saturated heterocycles. The molecular weight excluding hydrogens is 176 g/mol. The van der Waals surface area contributed by atoms with Crippen molar-refractivity contribution in [3.05, 3.63) is 11.8 Å². The molecule has 0 unspecified atom stereocenters. The van der Waals surface area contributed by atoms with Crippen molar-refractivity contribution in [2.24, 2.45) is 0 Å². The zero-order chi connectivity index (χ0) is 9.97. The summed E-state index contributed by atoms with van der Waals surface area (Å²) in [5, 5.41) is 7.26. The molecule has 0 bridgehead atoms. The molecule has 0 radical (unpaired) electrons. The van der Waals surface area contributed by atoms with Crippen LogP contribution >= 0.6 is 0 Å². The second kappa shape index (κ2) is 4.00. The Morgan fingerprint density at radius 3 is 2.57 bits per heavy atom. The van der Waals surface area contributed by atoms with Gasteiger partial charge in [0.25, 0.3) is 0 Å². The normalized spacial score (nSPS) is 18.9. The standard InChI is InChI=1S/C10H18N4/c1-3-13-4-6-14(7-5-13)10-8-9(2)11-12-10/h8H,3-7H2,1-2H3,(H,11,12). The highest BCUT2D eigenvalue weighted by molar-refractivity contribution is 5.39. The van der Waals surface area contributed by atoms with E-state index in [1.165, 1.54) is 0 Å². The molecule has 1 aromatic rings. The van der Waals surface area contributed by atoms with Crippen LogP contribution in [-0.4, -0.2) is 47.8 Å². The van der Waals surface area contributed by atoms with Gasteiger partial charge in [0.1, 0.15) is 0 Å². The van der Waals surface area contributed by atoms with Gasteiger partial charge < -0.3 is 9.80 Å². The van der Waals surface area contributed by atoms with Crippen LogP contribution in [0, 0.1) is 6.92 Å². The van der Waals surface area contributed by atoms with Gasteiger partial charge in [0.15, 0.2) is 5.82 Å². The second-order valence-corrected chi connectivity index (χ2v) is 3.83. The molecule has 0 atom stereocenters. The van der Waals surface area contributed by atoms with Crippen molar-refractivity contribution < 1.29 is 0 Å². The van der Waals surface area contributed by atoms with E-state index in [1.54, 1.807) is 0 Å². The second-order valence-electron chi connectivity index (χ2n) is 3.83. The summed E-state index contributed by atoms with van der Waals surface area (Å²) in [6.07, 6.45) is 0. The molecule has 1 fully saturated rings. The van der Waals surface area contributed by atoms with Gasteiger partial charge >= 0.3 is 0 Å². The minimum absolute atomic E-state index is 1.10. The van der Waals surface area contributed by atoms with Crippen LogP contribution in [-0.2, 0) is 0 Å². The van der Waals surface area contributed by atoms with E-state index in [1.807, 2.05) is 6.92 Å². The van der Waals surface area contributed by atoms with E-state index in [-0.39, 0.29) is 0 Å². The summed E-state index contributed by atoms with van der Waals surface area (Å²) in [5.74, 6) is 1.10. The number of anilines is 1. The number of hydrogen-bond acceptors (Lipinski definition) is 3. The third-order valence-electron chi connectivity index (χ3n) is 2.84. The maximum Gasteiger partial charge on any atom is 0.150 e. The fourth-order valence-corrected chi connectivity index (χ4v) is 1.86. The van der Waals surface area contributed by atoms with E-state index < -0.39 is 0 Å². The molecule has 0 amide bonds. The average Bonchev–Trinajstić information content (AvgIpc) is 2.65. The molecule has 1 aromatic heterocycles. The Morgan fingerprint density at radius 2 is 2.07 bits per heavy atom. The molecule has 0 spiro atoms. The van der Waals surface area contributed by atoms with E-state index >= 15 is 0 Å². The zero-order valence-electron chi connectivity index (χ0n) is 8.95. The predicted octanol–water partition coefficient (Wildman–Crippen LogP) is 0.860. The lowest BCUT2D eigenvalue weighted by Crippen LogP contribution is -2.46. The smallest absolute Gasteiger partial charge is 0.150 e. The van der Waals surface area contributed by atoms with Gasteiger partial charge in [-0.15, -0.1) is 0 Å². The maximum atomic E-state index is 4.27. The number of nitrogens with one attached hydrogen (secondary N) is 1. The van der Waals surface area contributed by atoms with Crippen molar-refractivity contribution in [3.63, 3.8) is 0 Å². The first-order valence-electron chi connectivity index (χ1n) is 5.29. The van der Waals surface area contributed by atoms with Crippen molar-refractivity contribution in [3.8, 4) is 0 Å². The summed E-state index contributed by atoms with van der Waals surface area (Å²) < 4.78 is 0. The number of rotatable bonds is 2. The molecule has 14 heavy (non-hydrogen) atoms. The molecule has 0 aliphatic carbocycles. The lowest BCUT2D eigenvalue weighted by Gasteiger charge is -2.33. The Morgan fingerprint density at radius 1 is 1.36 bits per heavy atom. The first-order valence-corrected chi connectivity index (χ1v) is 5.29. The fourth-order valence-electron chi connectivity index (χ4n) is 1.86. The molecule has 2 heterocycles. The highest BCUT2D eigenvalue weighted by atomic mass is 15.3. The number of likely N-dealkylation sites (N-methyl/N-ethyl adjacent to an activating group) is 1. The van der Waals surface area contributed by atoms with E-state index in [9.17, 15) is 0 Å². The van der Waals surface area contributed by atoms with Crippen molar-refractivity contribution in [2.75, 3.05) is 37.6 Å². The summed E-state index contributed by atoms with van der Waals surface area (Å²) in [4.78, 5) is 4.81. The summed E-state index contributed by atoms with van der Waals surface area (Å²) in [6, 6.07) is 2.11. The molecule has 1 aliphatic heterocycles. The molecule has 1 N–H and O–H groups in total. The average molecular weight is 194 g/mol. The van der Waals surface area contributed by atoms with Crippen LogP contribution < -0.4 is 4.90 Å². The zero-order valence-corrected chi connectivity index (χ0v) is 8.95. The summed E-state index contributed by atoms with van der Waals surface area (Å²) in [5.41, 5.74) is 1.14. The quantitative estimate of drug-likeness (QED) is 0.758. The van der Waals surface area contributed by atoms with E-state index in [2.05, 4.69) is 33.0 Å².